The molecule has 94 valence electrons. The predicted octanol–water partition coefficient (Wildman–Crippen LogP) is 2.14. The molecule has 0 saturated heterocycles. The molecule has 1 N–H and O–H groups in total. The summed E-state index contributed by atoms with van der Waals surface area (Å²) >= 11 is 0. The van der Waals surface area contributed by atoms with Crippen molar-refractivity contribution >= 4 is 0 Å². The molecule has 0 aromatic heterocycles. The van der Waals surface area contributed by atoms with Gasteiger partial charge in [-0.25, -0.2) is 0 Å². The molecule has 17 heavy (non-hydrogen) atoms. The SMILES string of the molecule is CNCCCOCc1ccc2c(c1)CCCO2. The molecule has 1 aliphatic heterocycles. The van der Waals surface area contributed by atoms with Gasteiger partial charge in [0.2, 0.25) is 0 Å². The number of hydrogen-bond acceptors (Lipinski definition) is 3. The fraction of sp³-hybridized carbons (Fsp3) is 0.571. The van der Waals surface area contributed by atoms with Crippen LogP contribution in [0.5, 0.6) is 5.75 Å². The zero-order valence-electron chi connectivity index (χ0n) is 10.5. The lowest BCUT2D eigenvalue weighted by molar-refractivity contribution is 0.118. The number of rotatable bonds is 6. The summed E-state index contributed by atoms with van der Waals surface area (Å²) in [5.74, 6) is 1.05. The third-order valence-electron chi connectivity index (χ3n) is 2.96. The van der Waals surface area contributed by atoms with Gasteiger partial charge in [0.05, 0.1) is 13.2 Å². The molecule has 2 rings (SSSR count). The van der Waals surface area contributed by atoms with Gasteiger partial charge in [0.25, 0.3) is 0 Å². The van der Waals surface area contributed by atoms with Gasteiger partial charge in [0.1, 0.15) is 5.75 Å². The van der Waals surface area contributed by atoms with E-state index in [9.17, 15) is 0 Å². The van der Waals surface area contributed by atoms with Crippen molar-refractivity contribution in [3.05, 3.63) is 29.3 Å². The minimum atomic E-state index is 0.705. The van der Waals surface area contributed by atoms with Crippen molar-refractivity contribution in [1.29, 1.82) is 0 Å². The molecule has 0 saturated carbocycles. The number of aryl methyl sites for hydroxylation is 1. The second kappa shape index (κ2) is 6.62. The van der Waals surface area contributed by atoms with E-state index < -0.39 is 0 Å². The highest BCUT2D eigenvalue weighted by Crippen LogP contribution is 2.25. The highest BCUT2D eigenvalue weighted by molar-refractivity contribution is 5.38. The average Bonchev–Trinajstić information content (AvgIpc) is 2.38. The van der Waals surface area contributed by atoms with Gasteiger partial charge in [-0.15, -0.1) is 0 Å². The van der Waals surface area contributed by atoms with Crippen LogP contribution in [0.4, 0.5) is 0 Å². The summed E-state index contributed by atoms with van der Waals surface area (Å²) in [6.07, 6.45) is 3.31. The van der Waals surface area contributed by atoms with E-state index >= 15 is 0 Å². The maximum absolute atomic E-state index is 5.63. The number of nitrogens with one attached hydrogen (secondary N) is 1. The van der Waals surface area contributed by atoms with E-state index in [1.165, 1.54) is 11.1 Å². The summed E-state index contributed by atoms with van der Waals surface area (Å²) in [5, 5.41) is 3.11. The Morgan fingerprint density at radius 1 is 1.41 bits per heavy atom. The summed E-state index contributed by atoms with van der Waals surface area (Å²) in [4.78, 5) is 0. The largest absolute Gasteiger partial charge is 0.493 e. The van der Waals surface area contributed by atoms with E-state index in [1.54, 1.807) is 0 Å². The van der Waals surface area contributed by atoms with Gasteiger partial charge in [-0.1, -0.05) is 6.07 Å². The summed E-state index contributed by atoms with van der Waals surface area (Å²) in [6.45, 7) is 3.39. The monoisotopic (exact) mass is 235 g/mol. The van der Waals surface area contributed by atoms with Crippen LogP contribution in [-0.4, -0.2) is 26.8 Å². The van der Waals surface area contributed by atoms with Gasteiger partial charge in [0.15, 0.2) is 0 Å². The summed E-state index contributed by atoms with van der Waals surface area (Å²) < 4.78 is 11.2. The third kappa shape index (κ3) is 3.72. The van der Waals surface area contributed by atoms with Crippen LogP contribution in [0.2, 0.25) is 0 Å². The molecule has 0 spiro atoms. The molecule has 0 amide bonds. The highest BCUT2D eigenvalue weighted by atomic mass is 16.5. The van der Waals surface area contributed by atoms with Crippen LogP contribution in [0.1, 0.15) is 24.0 Å². The third-order valence-corrected chi connectivity index (χ3v) is 2.96. The van der Waals surface area contributed by atoms with Gasteiger partial charge >= 0.3 is 0 Å². The van der Waals surface area contributed by atoms with Crippen molar-refractivity contribution in [2.75, 3.05) is 26.8 Å². The molecule has 0 bridgehead atoms. The van der Waals surface area contributed by atoms with E-state index in [0.717, 1.165) is 44.8 Å². The Balaban J connectivity index is 1.81. The molecule has 1 aromatic carbocycles. The van der Waals surface area contributed by atoms with Crippen LogP contribution < -0.4 is 10.1 Å². The molecule has 1 aliphatic rings. The molecule has 0 unspecified atom stereocenters. The Morgan fingerprint density at radius 3 is 3.24 bits per heavy atom. The van der Waals surface area contributed by atoms with Crippen molar-refractivity contribution in [2.45, 2.75) is 25.9 Å². The van der Waals surface area contributed by atoms with Gasteiger partial charge in [-0.05, 0) is 56.1 Å². The summed E-state index contributed by atoms with van der Waals surface area (Å²) in [5.41, 5.74) is 2.58. The normalized spacial score (nSPS) is 14.2. The van der Waals surface area contributed by atoms with Gasteiger partial charge in [0, 0.05) is 6.61 Å². The van der Waals surface area contributed by atoms with Crippen LogP contribution in [-0.2, 0) is 17.8 Å². The molecule has 0 radical (unpaired) electrons. The van der Waals surface area contributed by atoms with Crippen LogP contribution in [0.15, 0.2) is 18.2 Å². The van der Waals surface area contributed by atoms with Crippen molar-refractivity contribution < 1.29 is 9.47 Å². The number of ether oxygens (including phenoxy) is 2. The van der Waals surface area contributed by atoms with Crippen LogP contribution in [0.3, 0.4) is 0 Å². The standard InChI is InChI=1S/C14H21NO2/c1-15-7-3-8-16-11-12-5-6-14-13(10-12)4-2-9-17-14/h5-6,10,15H,2-4,7-9,11H2,1H3. The molecule has 1 heterocycles. The zero-order chi connectivity index (χ0) is 11.9. The van der Waals surface area contributed by atoms with Crippen molar-refractivity contribution in [1.82, 2.24) is 5.32 Å². The number of hydrogen-bond donors (Lipinski definition) is 1. The van der Waals surface area contributed by atoms with Crippen LogP contribution in [0.25, 0.3) is 0 Å². The first-order chi connectivity index (χ1) is 8.40. The molecule has 0 aliphatic carbocycles. The number of fused-ring (bicyclic) bond motifs is 1. The molecule has 3 heteroatoms. The lowest BCUT2D eigenvalue weighted by Crippen LogP contribution is -2.11. The molecule has 0 atom stereocenters. The molecular formula is C14H21NO2. The fourth-order valence-electron chi connectivity index (χ4n) is 2.04. The van der Waals surface area contributed by atoms with E-state index in [1.807, 2.05) is 7.05 Å². The second-order valence-electron chi connectivity index (χ2n) is 4.40. The van der Waals surface area contributed by atoms with Crippen LogP contribution >= 0.6 is 0 Å². The minimum Gasteiger partial charge on any atom is -0.493 e. The maximum atomic E-state index is 5.63. The predicted molar refractivity (Wildman–Crippen MR) is 68.5 cm³/mol. The molecule has 3 nitrogen and oxygen atoms in total. The first-order valence-electron chi connectivity index (χ1n) is 6.37. The summed E-state index contributed by atoms with van der Waals surface area (Å²) in [6, 6.07) is 6.38. The van der Waals surface area contributed by atoms with E-state index in [4.69, 9.17) is 9.47 Å². The van der Waals surface area contributed by atoms with Gasteiger partial charge in [-0.2, -0.15) is 0 Å². The Kier molecular flexibility index (Phi) is 4.83. The van der Waals surface area contributed by atoms with Crippen molar-refractivity contribution in [3.8, 4) is 5.75 Å². The Morgan fingerprint density at radius 2 is 2.35 bits per heavy atom. The Labute approximate surface area is 103 Å². The van der Waals surface area contributed by atoms with E-state index in [-0.39, 0.29) is 0 Å². The van der Waals surface area contributed by atoms with Crippen molar-refractivity contribution in [3.63, 3.8) is 0 Å². The fourth-order valence-corrected chi connectivity index (χ4v) is 2.04. The minimum absolute atomic E-state index is 0.705. The van der Waals surface area contributed by atoms with Gasteiger partial charge < -0.3 is 14.8 Å². The zero-order valence-corrected chi connectivity index (χ0v) is 10.5. The average molecular weight is 235 g/mol. The smallest absolute Gasteiger partial charge is 0.122 e. The lowest BCUT2D eigenvalue weighted by atomic mass is 10.0. The van der Waals surface area contributed by atoms with Crippen molar-refractivity contribution in [2.24, 2.45) is 0 Å². The quantitative estimate of drug-likeness (QED) is 0.766. The van der Waals surface area contributed by atoms with Gasteiger partial charge in [-0.3, -0.25) is 0 Å². The first-order valence-corrected chi connectivity index (χ1v) is 6.37. The topological polar surface area (TPSA) is 30.5 Å². The molecule has 0 fully saturated rings. The highest BCUT2D eigenvalue weighted by Gasteiger charge is 2.10. The Bertz CT molecular complexity index is 352. The van der Waals surface area contributed by atoms with Crippen LogP contribution in [0, 0.1) is 0 Å². The second-order valence-corrected chi connectivity index (χ2v) is 4.40. The first kappa shape index (κ1) is 12.4. The van der Waals surface area contributed by atoms with E-state index in [0.29, 0.717) is 6.61 Å². The molecular weight excluding hydrogens is 214 g/mol. The molecule has 1 aromatic rings. The lowest BCUT2D eigenvalue weighted by Gasteiger charge is -2.17. The number of benzene rings is 1. The Hall–Kier alpha value is -1.06. The summed E-state index contributed by atoms with van der Waals surface area (Å²) in [7, 11) is 1.96. The maximum Gasteiger partial charge on any atom is 0.122 e. The van der Waals surface area contributed by atoms with E-state index in [2.05, 4.69) is 23.5 Å².